The summed E-state index contributed by atoms with van der Waals surface area (Å²) in [7, 11) is 0. The molecule has 2 rings (SSSR count). The molecule has 0 aliphatic carbocycles. The highest BCUT2D eigenvalue weighted by Crippen LogP contribution is 2.21. The smallest absolute Gasteiger partial charge is 0.337 e. The van der Waals surface area contributed by atoms with Gasteiger partial charge in [-0.3, -0.25) is 0 Å². The van der Waals surface area contributed by atoms with Crippen molar-refractivity contribution in [3.8, 4) is 0 Å². The summed E-state index contributed by atoms with van der Waals surface area (Å²) in [6.07, 6.45) is 2.13. The molecule has 0 aliphatic rings. The van der Waals surface area contributed by atoms with E-state index >= 15 is 0 Å². The third-order valence-corrected chi connectivity index (χ3v) is 3.19. The molecule has 21 heavy (non-hydrogen) atoms. The van der Waals surface area contributed by atoms with Gasteiger partial charge < -0.3 is 20.2 Å². The van der Waals surface area contributed by atoms with Gasteiger partial charge in [0, 0.05) is 17.4 Å². The molecule has 0 unspecified atom stereocenters. The Morgan fingerprint density at radius 3 is 2.76 bits per heavy atom. The minimum Gasteiger partial charge on any atom is -0.478 e. The van der Waals surface area contributed by atoms with Gasteiger partial charge in [-0.15, -0.1) is 0 Å². The fraction of sp³-hybridized carbons (Fsp3) is 0.143. The van der Waals surface area contributed by atoms with Gasteiger partial charge in [-0.25, -0.2) is 9.59 Å². The van der Waals surface area contributed by atoms with Crippen LogP contribution < -0.4 is 10.6 Å². The zero-order valence-electron chi connectivity index (χ0n) is 10.9. The molecule has 0 spiro atoms. The first kappa shape index (κ1) is 15.1. The number of hydrogen-bond donors (Lipinski definition) is 3. The maximum atomic E-state index is 11.7. The van der Waals surface area contributed by atoms with Crippen LogP contribution in [0.4, 0.5) is 10.5 Å². The summed E-state index contributed by atoms with van der Waals surface area (Å²) in [6.45, 7) is 0.387. The van der Waals surface area contributed by atoms with Gasteiger partial charge in [-0.1, -0.05) is 15.9 Å². The molecule has 2 amide bonds. The Kier molecular flexibility index (Phi) is 4.99. The van der Waals surface area contributed by atoms with Crippen LogP contribution in [-0.4, -0.2) is 23.7 Å². The summed E-state index contributed by atoms with van der Waals surface area (Å²) in [6, 6.07) is 7.74. The van der Waals surface area contributed by atoms with Crippen molar-refractivity contribution in [1.82, 2.24) is 5.32 Å². The summed E-state index contributed by atoms with van der Waals surface area (Å²) >= 11 is 3.19. The molecule has 0 fully saturated rings. The fourth-order valence-corrected chi connectivity index (χ4v) is 2.08. The molecule has 110 valence electrons. The second kappa shape index (κ2) is 6.94. The quantitative estimate of drug-likeness (QED) is 0.770. The van der Waals surface area contributed by atoms with E-state index in [2.05, 4.69) is 26.6 Å². The van der Waals surface area contributed by atoms with Gasteiger partial charge in [0.2, 0.25) is 0 Å². The van der Waals surface area contributed by atoms with E-state index in [4.69, 9.17) is 9.52 Å². The third-order valence-electron chi connectivity index (χ3n) is 2.70. The van der Waals surface area contributed by atoms with Crippen molar-refractivity contribution < 1.29 is 19.1 Å². The number of carboxylic acid groups (broad SMARTS) is 1. The molecular formula is C14H13BrN2O4. The molecular weight excluding hydrogens is 340 g/mol. The van der Waals surface area contributed by atoms with E-state index in [9.17, 15) is 9.59 Å². The minimum atomic E-state index is -1.11. The van der Waals surface area contributed by atoms with Crippen LogP contribution in [-0.2, 0) is 6.42 Å². The van der Waals surface area contributed by atoms with E-state index in [0.29, 0.717) is 17.4 Å². The topological polar surface area (TPSA) is 91.6 Å². The monoisotopic (exact) mass is 352 g/mol. The van der Waals surface area contributed by atoms with Crippen molar-refractivity contribution in [2.45, 2.75) is 6.42 Å². The van der Waals surface area contributed by atoms with E-state index < -0.39 is 12.0 Å². The van der Waals surface area contributed by atoms with Crippen LogP contribution in [0.2, 0.25) is 0 Å². The highest BCUT2D eigenvalue weighted by Gasteiger charge is 2.12. The van der Waals surface area contributed by atoms with Crippen LogP contribution in [0.1, 0.15) is 16.1 Å². The maximum Gasteiger partial charge on any atom is 0.337 e. The van der Waals surface area contributed by atoms with Gasteiger partial charge in [0.05, 0.1) is 17.5 Å². The van der Waals surface area contributed by atoms with Crippen LogP contribution in [0.5, 0.6) is 0 Å². The molecule has 7 heteroatoms. The van der Waals surface area contributed by atoms with Crippen LogP contribution in [0, 0.1) is 0 Å². The molecule has 1 heterocycles. The van der Waals surface area contributed by atoms with Crippen molar-refractivity contribution >= 4 is 33.6 Å². The molecule has 1 aromatic carbocycles. The standard InChI is InChI=1S/C14H13BrN2O4/c15-9-3-4-12(11(8-9)13(18)19)17-14(20)16-6-5-10-2-1-7-21-10/h1-4,7-8H,5-6H2,(H,18,19)(H2,16,17,20). The number of benzene rings is 1. The van der Waals surface area contributed by atoms with Crippen molar-refractivity contribution in [3.63, 3.8) is 0 Å². The molecule has 0 aliphatic heterocycles. The van der Waals surface area contributed by atoms with Crippen molar-refractivity contribution in [3.05, 3.63) is 52.4 Å². The SMILES string of the molecule is O=C(NCCc1ccco1)Nc1ccc(Br)cc1C(=O)O. The lowest BCUT2D eigenvalue weighted by Gasteiger charge is -2.10. The number of carbonyl (C=O) groups excluding carboxylic acids is 1. The first-order valence-corrected chi connectivity index (χ1v) is 6.95. The first-order chi connectivity index (χ1) is 10.1. The number of amides is 2. The summed E-state index contributed by atoms with van der Waals surface area (Å²) < 4.78 is 5.77. The van der Waals surface area contributed by atoms with Gasteiger partial charge in [0.15, 0.2) is 0 Å². The molecule has 3 N–H and O–H groups in total. The summed E-state index contributed by atoms with van der Waals surface area (Å²) in [5.41, 5.74) is 0.256. The largest absolute Gasteiger partial charge is 0.478 e. The van der Waals surface area contributed by atoms with Gasteiger partial charge in [0.25, 0.3) is 0 Å². The van der Waals surface area contributed by atoms with Crippen LogP contribution in [0.3, 0.4) is 0 Å². The summed E-state index contributed by atoms with van der Waals surface area (Å²) in [5.74, 6) is -0.340. The Balaban J connectivity index is 1.92. The Morgan fingerprint density at radius 2 is 2.10 bits per heavy atom. The van der Waals surface area contributed by atoms with Gasteiger partial charge >= 0.3 is 12.0 Å². The van der Waals surface area contributed by atoms with E-state index in [1.807, 2.05) is 6.07 Å². The number of anilines is 1. The van der Waals surface area contributed by atoms with Gasteiger partial charge in [-0.2, -0.15) is 0 Å². The molecule has 0 bridgehead atoms. The van der Waals surface area contributed by atoms with E-state index in [-0.39, 0.29) is 11.3 Å². The first-order valence-electron chi connectivity index (χ1n) is 6.16. The van der Waals surface area contributed by atoms with Crippen LogP contribution in [0.15, 0.2) is 45.5 Å². The average Bonchev–Trinajstić information content (AvgIpc) is 2.94. The van der Waals surface area contributed by atoms with E-state index in [1.165, 1.54) is 12.1 Å². The Labute approximate surface area is 129 Å². The van der Waals surface area contributed by atoms with Crippen molar-refractivity contribution in [1.29, 1.82) is 0 Å². The number of rotatable bonds is 5. The molecule has 0 saturated carbocycles. The fourth-order valence-electron chi connectivity index (χ4n) is 1.72. The molecule has 1 aromatic heterocycles. The lowest BCUT2D eigenvalue weighted by Crippen LogP contribution is -2.31. The highest BCUT2D eigenvalue weighted by atomic mass is 79.9. The molecule has 6 nitrogen and oxygen atoms in total. The predicted octanol–water partition coefficient (Wildman–Crippen LogP) is 3.10. The minimum absolute atomic E-state index is 0.0190. The Morgan fingerprint density at radius 1 is 1.29 bits per heavy atom. The average molecular weight is 353 g/mol. The second-order valence-electron chi connectivity index (χ2n) is 4.21. The number of furan rings is 1. The Bertz CT molecular complexity index is 640. The lowest BCUT2D eigenvalue weighted by molar-refractivity contribution is 0.0698. The number of urea groups is 1. The molecule has 0 saturated heterocycles. The number of carboxylic acids is 1. The Hall–Kier alpha value is -2.28. The van der Waals surface area contributed by atoms with Gasteiger partial charge in [-0.05, 0) is 30.3 Å². The lowest BCUT2D eigenvalue weighted by atomic mass is 10.2. The van der Waals surface area contributed by atoms with Crippen molar-refractivity contribution in [2.75, 3.05) is 11.9 Å². The summed E-state index contributed by atoms with van der Waals surface area (Å²) in [5, 5.41) is 14.3. The van der Waals surface area contributed by atoms with Crippen LogP contribution >= 0.6 is 15.9 Å². The normalized spacial score (nSPS) is 10.1. The second-order valence-corrected chi connectivity index (χ2v) is 5.12. The number of aromatic carboxylic acids is 1. The zero-order valence-corrected chi connectivity index (χ0v) is 12.5. The van der Waals surface area contributed by atoms with E-state index in [1.54, 1.807) is 18.4 Å². The summed E-state index contributed by atoms with van der Waals surface area (Å²) in [4.78, 5) is 22.9. The number of nitrogens with one attached hydrogen (secondary N) is 2. The third kappa shape index (κ3) is 4.35. The van der Waals surface area contributed by atoms with Crippen molar-refractivity contribution in [2.24, 2.45) is 0 Å². The number of hydrogen-bond acceptors (Lipinski definition) is 3. The van der Waals surface area contributed by atoms with Crippen LogP contribution in [0.25, 0.3) is 0 Å². The molecule has 2 aromatic rings. The predicted molar refractivity (Wildman–Crippen MR) is 80.5 cm³/mol. The number of carbonyl (C=O) groups is 2. The van der Waals surface area contributed by atoms with Gasteiger partial charge in [0.1, 0.15) is 5.76 Å². The van der Waals surface area contributed by atoms with E-state index in [0.717, 1.165) is 5.76 Å². The molecule has 0 atom stereocenters. The molecule has 0 radical (unpaired) electrons. The number of halogens is 1. The zero-order chi connectivity index (χ0) is 15.2. The highest BCUT2D eigenvalue weighted by molar-refractivity contribution is 9.10. The maximum absolute atomic E-state index is 11.7.